The van der Waals surface area contributed by atoms with Crippen molar-refractivity contribution < 1.29 is 14.3 Å². The van der Waals surface area contributed by atoms with Crippen molar-refractivity contribution in [2.75, 3.05) is 43.4 Å². The summed E-state index contributed by atoms with van der Waals surface area (Å²) in [6.45, 7) is 2.68. The molecule has 0 N–H and O–H groups in total. The molecule has 0 aromatic heterocycles. The minimum Gasteiger partial charge on any atom is -0.455 e. The van der Waals surface area contributed by atoms with Crippen molar-refractivity contribution in [1.82, 2.24) is 4.90 Å². The van der Waals surface area contributed by atoms with Crippen LogP contribution < -0.4 is 4.90 Å². The fourth-order valence-electron chi connectivity index (χ4n) is 2.79. The van der Waals surface area contributed by atoms with Crippen LogP contribution in [0.1, 0.15) is 0 Å². The van der Waals surface area contributed by atoms with Crippen molar-refractivity contribution in [2.45, 2.75) is 4.90 Å². The Morgan fingerprint density at radius 1 is 0.885 bits per heavy atom. The highest BCUT2D eigenvalue weighted by Crippen LogP contribution is 2.17. The number of thioether (sulfide) groups is 1. The first-order valence-electron chi connectivity index (χ1n) is 8.63. The van der Waals surface area contributed by atoms with E-state index in [2.05, 4.69) is 17.0 Å². The van der Waals surface area contributed by atoms with Crippen LogP contribution in [-0.4, -0.2) is 55.3 Å². The molecule has 0 unspecified atom stereocenters. The van der Waals surface area contributed by atoms with Gasteiger partial charge < -0.3 is 14.5 Å². The maximum atomic E-state index is 12.2. The van der Waals surface area contributed by atoms with Crippen LogP contribution in [0.3, 0.4) is 0 Å². The number of rotatable bonds is 6. The van der Waals surface area contributed by atoms with Gasteiger partial charge in [-0.05, 0) is 24.3 Å². The van der Waals surface area contributed by atoms with Gasteiger partial charge in [0.15, 0.2) is 6.61 Å². The predicted molar refractivity (Wildman–Crippen MR) is 103 cm³/mol. The van der Waals surface area contributed by atoms with E-state index in [0.717, 1.165) is 18.0 Å². The van der Waals surface area contributed by atoms with Crippen LogP contribution in [0.15, 0.2) is 65.6 Å². The number of hydrogen-bond donors (Lipinski definition) is 0. The van der Waals surface area contributed by atoms with E-state index in [-0.39, 0.29) is 24.2 Å². The third-order valence-electron chi connectivity index (χ3n) is 4.21. The second-order valence-corrected chi connectivity index (χ2v) is 7.01. The lowest BCUT2D eigenvalue weighted by molar-refractivity contribution is -0.150. The molecule has 1 saturated heterocycles. The minimum atomic E-state index is -0.366. The Morgan fingerprint density at radius 3 is 2.15 bits per heavy atom. The van der Waals surface area contributed by atoms with Crippen molar-refractivity contribution >= 4 is 29.3 Å². The molecule has 0 bridgehead atoms. The lowest BCUT2D eigenvalue weighted by atomic mass is 10.2. The maximum absolute atomic E-state index is 12.2. The number of anilines is 1. The number of piperazine rings is 1. The van der Waals surface area contributed by atoms with Gasteiger partial charge in [-0.1, -0.05) is 36.4 Å². The molecule has 6 heteroatoms. The molecule has 5 nitrogen and oxygen atoms in total. The summed E-state index contributed by atoms with van der Waals surface area (Å²) >= 11 is 1.41. The lowest BCUT2D eigenvalue weighted by Gasteiger charge is -2.36. The summed E-state index contributed by atoms with van der Waals surface area (Å²) in [7, 11) is 0. The molecule has 3 rings (SSSR count). The van der Waals surface area contributed by atoms with Crippen LogP contribution in [0.5, 0.6) is 0 Å². The molecule has 1 amide bonds. The van der Waals surface area contributed by atoms with Gasteiger partial charge in [-0.25, -0.2) is 0 Å². The largest absolute Gasteiger partial charge is 0.455 e. The average molecular weight is 370 g/mol. The molecule has 0 saturated carbocycles. The van der Waals surface area contributed by atoms with E-state index in [0.29, 0.717) is 13.1 Å². The number of carbonyl (C=O) groups excluding carboxylic acids is 2. The number of esters is 1. The standard InChI is InChI=1S/C20H22N2O3S/c23-19(15-25-20(24)16-26-18-9-5-2-6-10-18)22-13-11-21(12-14-22)17-7-3-1-4-8-17/h1-10H,11-16H2. The topological polar surface area (TPSA) is 49.9 Å². The first kappa shape index (κ1) is 18.3. The summed E-state index contributed by atoms with van der Waals surface area (Å²) in [5.74, 6) is -0.287. The molecular weight excluding hydrogens is 348 g/mol. The summed E-state index contributed by atoms with van der Waals surface area (Å²) in [4.78, 5) is 29.1. The number of ether oxygens (including phenoxy) is 1. The van der Waals surface area contributed by atoms with E-state index >= 15 is 0 Å². The first-order chi connectivity index (χ1) is 12.7. The predicted octanol–water partition coefficient (Wildman–Crippen LogP) is 2.67. The summed E-state index contributed by atoms with van der Waals surface area (Å²) < 4.78 is 5.13. The van der Waals surface area contributed by atoms with Crippen molar-refractivity contribution in [3.63, 3.8) is 0 Å². The molecule has 136 valence electrons. The van der Waals surface area contributed by atoms with E-state index in [1.54, 1.807) is 4.90 Å². The Bertz CT molecular complexity index is 716. The van der Waals surface area contributed by atoms with Crippen LogP contribution in [0, 0.1) is 0 Å². The first-order valence-corrected chi connectivity index (χ1v) is 9.62. The van der Waals surface area contributed by atoms with E-state index in [9.17, 15) is 9.59 Å². The van der Waals surface area contributed by atoms with Gasteiger partial charge in [0.2, 0.25) is 0 Å². The number of amides is 1. The molecule has 2 aromatic rings. The highest BCUT2D eigenvalue weighted by Gasteiger charge is 2.22. The van der Waals surface area contributed by atoms with E-state index in [1.807, 2.05) is 48.5 Å². The maximum Gasteiger partial charge on any atom is 0.316 e. The van der Waals surface area contributed by atoms with Crippen LogP contribution in [0.25, 0.3) is 0 Å². The Labute approximate surface area is 157 Å². The summed E-state index contributed by atoms with van der Waals surface area (Å²) in [5.41, 5.74) is 1.17. The number of benzene rings is 2. The molecule has 2 aromatic carbocycles. The fourth-order valence-corrected chi connectivity index (χ4v) is 3.50. The van der Waals surface area contributed by atoms with Gasteiger partial charge in [-0.15, -0.1) is 11.8 Å². The van der Waals surface area contributed by atoms with E-state index in [4.69, 9.17) is 4.74 Å². The molecule has 1 fully saturated rings. The normalized spacial score (nSPS) is 14.2. The lowest BCUT2D eigenvalue weighted by Crippen LogP contribution is -2.49. The van der Waals surface area contributed by atoms with Gasteiger partial charge in [0, 0.05) is 36.8 Å². The Hall–Kier alpha value is -2.47. The highest BCUT2D eigenvalue weighted by atomic mass is 32.2. The number of hydrogen-bond acceptors (Lipinski definition) is 5. The summed E-state index contributed by atoms with van der Waals surface area (Å²) in [6, 6.07) is 19.8. The molecule has 26 heavy (non-hydrogen) atoms. The quantitative estimate of drug-likeness (QED) is 0.578. The van der Waals surface area contributed by atoms with E-state index < -0.39 is 0 Å². The monoisotopic (exact) mass is 370 g/mol. The minimum absolute atomic E-state index is 0.129. The number of nitrogens with zero attached hydrogens (tertiary/aromatic N) is 2. The molecule has 1 heterocycles. The third-order valence-corrected chi connectivity index (χ3v) is 5.20. The van der Waals surface area contributed by atoms with Crippen LogP contribution >= 0.6 is 11.8 Å². The SMILES string of the molecule is O=C(CSc1ccccc1)OCC(=O)N1CCN(c2ccccc2)CC1. The number of para-hydroxylation sites is 1. The molecule has 0 aliphatic carbocycles. The van der Waals surface area contributed by atoms with Crippen LogP contribution in [0.2, 0.25) is 0 Å². The van der Waals surface area contributed by atoms with Crippen molar-refractivity contribution in [2.24, 2.45) is 0 Å². The average Bonchev–Trinajstić information content (AvgIpc) is 2.72. The zero-order valence-electron chi connectivity index (χ0n) is 14.5. The van der Waals surface area contributed by atoms with Gasteiger partial charge in [0.25, 0.3) is 5.91 Å². The molecule has 1 aliphatic heterocycles. The second-order valence-electron chi connectivity index (χ2n) is 5.97. The zero-order chi connectivity index (χ0) is 18.2. The van der Waals surface area contributed by atoms with Crippen molar-refractivity contribution in [3.8, 4) is 0 Å². The zero-order valence-corrected chi connectivity index (χ0v) is 15.4. The molecule has 0 radical (unpaired) electrons. The molecule has 0 atom stereocenters. The third kappa shape index (κ3) is 5.26. The second kappa shape index (κ2) is 9.29. The Balaban J connectivity index is 1.37. The Morgan fingerprint density at radius 2 is 1.50 bits per heavy atom. The summed E-state index contributed by atoms with van der Waals surface area (Å²) in [5, 5.41) is 0. The van der Waals surface area contributed by atoms with Gasteiger partial charge in [0.1, 0.15) is 0 Å². The highest BCUT2D eigenvalue weighted by molar-refractivity contribution is 8.00. The smallest absolute Gasteiger partial charge is 0.316 e. The summed E-state index contributed by atoms with van der Waals surface area (Å²) in [6.07, 6.45) is 0. The van der Waals surface area contributed by atoms with Crippen molar-refractivity contribution in [1.29, 1.82) is 0 Å². The Kier molecular flexibility index (Phi) is 6.55. The number of carbonyl (C=O) groups is 2. The van der Waals surface area contributed by atoms with E-state index in [1.165, 1.54) is 17.4 Å². The molecule has 1 aliphatic rings. The van der Waals surface area contributed by atoms with Gasteiger partial charge >= 0.3 is 5.97 Å². The molecule has 0 spiro atoms. The van der Waals surface area contributed by atoms with Crippen LogP contribution in [-0.2, 0) is 14.3 Å². The van der Waals surface area contributed by atoms with Crippen LogP contribution in [0.4, 0.5) is 5.69 Å². The van der Waals surface area contributed by atoms with Crippen molar-refractivity contribution in [3.05, 3.63) is 60.7 Å². The fraction of sp³-hybridized carbons (Fsp3) is 0.300. The van der Waals surface area contributed by atoms with Gasteiger partial charge in [0.05, 0.1) is 5.75 Å². The molecular formula is C20H22N2O3S. The van der Waals surface area contributed by atoms with Gasteiger partial charge in [-0.2, -0.15) is 0 Å². The van der Waals surface area contributed by atoms with Gasteiger partial charge in [-0.3, -0.25) is 9.59 Å².